The topological polar surface area (TPSA) is 131 Å². The molecule has 2 aromatic carbocycles. The number of aromatic nitrogens is 2. The van der Waals surface area contributed by atoms with Crippen LogP contribution < -0.4 is 15.4 Å². The van der Waals surface area contributed by atoms with Crippen molar-refractivity contribution in [1.82, 2.24) is 14.9 Å². The molecule has 0 bridgehead atoms. The lowest BCUT2D eigenvalue weighted by Gasteiger charge is -2.39. The molecule has 3 heterocycles. The van der Waals surface area contributed by atoms with Crippen LogP contribution in [0.25, 0.3) is 0 Å². The Morgan fingerprint density at radius 2 is 1.84 bits per heavy atom. The van der Waals surface area contributed by atoms with Crippen LogP contribution in [0.5, 0.6) is 5.88 Å². The highest BCUT2D eigenvalue weighted by Crippen LogP contribution is 2.45. The fraction of sp³-hybridized carbons (Fsp3) is 0.379. The number of hydrogen-bond donors (Lipinski definition) is 2. The van der Waals surface area contributed by atoms with E-state index in [1.54, 1.807) is 12.1 Å². The smallest absolute Gasteiger partial charge is 0.429 e. The van der Waals surface area contributed by atoms with Crippen LogP contribution in [-0.2, 0) is 16.1 Å². The van der Waals surface area contributed by atoms with Crippen LogP contribution in [0.15, 0.2) is 59.1 Å². The molecule has 0 radical (unpaired) electrons. The molecule has 0 saturated carbocycles. The number of anilines is 2. The first kappa shape index (κ1) is 31.6. The van der Waals surface area contributed by atoms with Gasteiger partial charge in [-0.05, 0) is 42.4 Å². The summed E-state index contributed by atoms with van der Waals surface area (Å²) in [5, 5.41) is 10.1. The van der Waals surface area contributed by atoms with Crippen molar-refractivity contribution in [3.05, 3.63) is 75.2 Å². The van der Waals surface area contributed by atoms with Crippen molar-refractivity contribution in [3.8, 4) is 5.88 Å². The molecule has 1 spiro atoms. The van der Waals surface area contributed by atoms with Gasteiger partial charge in [0.2, 0.25) is 17.9 Å². The van der Waals surface area contributed by atoms with E-state index >= 15 is 0 Å². The maximum atomic E-state index is 14.1. The molecule has 2 aliphatic rings. The van der Waals surface area contributed by atoms with Crippen LogP contribution >= 0.6 is 27.5 Å². The third kappa shape index (κ3) is 7.12. The number of halogens is 5. The average Bonchev–Trinajstić information content (AvgIpc) is 3.34. The molecule has 234 valence electrons. The van der Waals surface area contributed by atoms with Gasteiger partial charge in [-0.25, -0.2) is 9.59 Å². The van der Waals surface area contributed by atoms with E-state index in [4.69, 9.17) is 26.8 Å². The van der Waals surface area contributed by atoms with Gasteiger partial charge < -0.3 is 25.2 Å². The number of benzene rings is 2. The zero-order valence-corrected chi connectivity index (χ0v) is 25.5. The van der Waals surface area contributed by atoms with E-state index in [2.05, 4.69) is 25.9 Å². The van der Waals surface area contributed by atoms with Crippen LogP contribution in [-0.4, -0.2) is 63.9 Å². The van der Waals surface area contributed by atoms with Crippen molar-refractivity contribution < 1.29 is 37.3 Å². The number of likely N-dealkylation sites (tertiary alicyclic amines) is 1. The van der Waals surface area contributed by atoms with E-state index in [1.165, 1.54) is 29.2 Å². The first-order valence-corrected chi connectivity index (χ1v) is 14.8. The van der Waals surface area contributed by atoms with Crippen LogP contribution in [0, 0.1) is 5.41 Å². The Kier molecular flexibility index (Phi) is 9.12. The van der Waals surface area contributed by atoms with Gasteiger partial charge in [0.1, 0.15) is 18.5 Å². The Morgan fingerprint density at radius 1 is 1.14 bits per heavy atom. The molecule has 1 unspecified atom stereocenters. The second kappa shape index (κ2) is 12.7. The van der Waals surface area contributed by atoms with Crippen LogP contribution in [0.2, 0.25) is 5.02 Å². The van der Waals surface area contributed by atoms with E-state index in [0.29, 0.717) is 25.9 Å². The quantitative estimate of drug-likeness (QED) is 0.295. The van der Waals surface area contributed by atoms with E-state index in [0.717, 1.165) is 5.56 Å². The van der Waals surface area contributed by atoms with Gasteiger partial charge in [0, 0.05) is 40.8 Å². The number of hydrogen-bond acceptors (Lipinski definition) is 8. The van der Waals surface area contributed by atoms with Gasteiger partial charge in [-0.1, -0.05) is 63.9 Å². The number of alkyl halides is 3. The summed E-state index contributed by atoms with van der Waals surface area (Å²) in [6.07, 6.45) is -6.59. The van der Waals surface area contributed by atoms with Crippen molar-refractivity contribution in [3.63, 3.8) is 0 Å². The summed E-state index contributed by atoms with van der Waals surface area (Å²) in [6, 6.07) is 13.2. The predicted molar refractivity (Wildman–Crippen MR) is 158 cm³/mol. The summed E-state index contributed by atoms with van der Waals surface area (Å²) in [6.45, 7) is 1.00. The maximum Gasteiger partial charge on any atom is 0.429 e. The van der Waals surface area contributed by atoms with Gasteiger partial charge >= 0.3 is 18.2 Å². The lowest BCUT2D eigenvalue weighted by molar-refractivity contribution is -0.198. The zero-order valence-electron chi connectivity index (χ0n) is 23.1. The Hall–Kier alpha value is -3.78. The number of carbonyl (C=O) groups is 2. The number of amides is 1. The van der Waals surface area contributed by atoms with Gasteiger partial charge in [-0.15, -0.1) is 0 Å². The van der Waals surface area contributed by atoms with Crippen molar-refractivity contribution in [2.75, 3.05) is 30.3 Å². The highest BCUT2D eigenvalue weighted by atomic mass is 79.9. The molecule has 3 N–H and O–H groups in total. The third-order valence-electron chi connectivity index (χ3n) is 7.87. The minimum absolute atomic E-state index is 0.0208. The zero-order chi connectivity index (χ0) is 31.6. The van der Waals surface area contributed by atoms with Crippen LogP contribution in [0.3, 0.4) is 0 Å². The molecule has 2 atom stereocenters. The fourth-order valence-corrected chi connectivity index (χ4v) is 6.53. The SMILES string of the molecule is Nc1nc(O[C@H](c2ccc(Cl)cc2Br)C(F)(F)F)cc(N2CCC3(CC2)CC(C(=O)O)N(C(=O)OCc2ccccc2)C3)n1. The largest absolute Gasteiger partial charge is 0.480 e. The van der Waals surface area contributed by atoms with E-state index < -0.39 is 35.8 Å². The molecule has 10 nitrogen and oxygen atoms in total. The lowest BCUT2D eigenvalue weighted by Crippen LogP contribution is -2.43. The first-order valence-electron chi connectivity index (χ1n) is 13.6. The number of piperidine rings is 1. The number of ether oxygens (including phenoxy) is 2. The number of carboxylic acid groups (broad SMARTS) is 1. The lowest BCUT2D eigenvalue weighted by atomic mass is 9.76. The number of carboxylic acids is 1. The number of nitrogens with zero attached hydrogens (tertiary/aromatic N) is 4. The molecule has 0 aliphatic carbocycles. The van der Waals surface area contributed by atoms with Gasteiger partial charge in [0.25, 0.3) is 0 Å². The predicted octanol–water partition coefficient (Wildman–Crippen LogP) is 6.24. The molecule has 2 saturated heterocycles. The number of carbonyl (C=O) groups excluding carboxylic acids is 1. The molecule has 2 fully saturated rings. The summed E-state index contributed by atoms with van der Waals surface area (Å²) in [7, 11) is 0. The molecule has 3 aromatic rings. The van der Waals surface area contributed by atoms with Crippen molar-refractivity contribution >= 4 is 51.4 Å². The van der Waals surface area contributed by atoms with Gasteiger partial charge in [0.05, 0.1) is 0 Å². The second-order valence-corrected chi connectivity index (χ2v) is 12.1. The summed E-state index contributed by atoms with van der Waals surface area (Å²) >= 11 is 9.02. The first-order chi connectivity index (χ1) is 20.8. The summed E-state index contributed by atoms with van der Waals surface area (Å²) in [5.74, 6) is -1.48. The Morgan fingerprint density at radius 3 is 2.48 bits per heavy atom. The molecule has 5 rings (SSSR count). The fourth-order valence-electron chi connectivity index (χ4n) is 5.64. The Balaban J connectivity index is 1.28. The number of nitrogens with two attached hydrogens (primary N) is 1. The van der Waals surface area contributed by atoms with Crippen LogP contribution in [0.1, 0.15) is 36.5 Å². The molecule has 44 heavy (non-hydrogen) atoms. The normalized spacial score (nSPS) is 18.7. The van der Waals surface area contributed by atoms with Crippen molar-refractivity contribution in [2.24, 2.45) is 5.41 Å². The highest BCUT2D eigenvalue weighted by Gasteiger charge is 2.51. The second-order valence-electron chi connectivity index (χ2n) is 10.8. The summed E-state index contributed by atoms with van der Waals surface area (Å²) in [4.78, 5) is 36.2. The monoisotopic (exact) mass is 697 g/mol. The summed E-state index contributed by atoms with van der Waals surface area (Å²) in [5.41, 5.74) is 5.98. The maximum absolute atomic E-state index is 14.1. The summed E-state index contributed by atoms with van der Waals surface area (Å²) < 4.78 is 53.1. The highest BCUT2D eigenvalue weighted by molar-refractivity contribution is 9.10. The van der Waals surface area contributed by atoms with Crippen LogP contribution in [0.4, 0.5) is 29.7 Å². The molecule has 2 aliphatic heterocycles. The van der Waals surface area contributed by atoms with Crippen molar-refractivity contribution in [2.45, 2.75) is 44.2 Å². The molecule has 1 aromatic heterocycles. The molecular formula is C29H28BrClF3N5O5. The minimum Gasteiger partial charge on any atom is -0.480 e. The van der Waals surface area contributed by atoms with E-state index in [1.807, 2.05) is 23.1 Å². The van der Waals surface area contributed by atoms with Gasteiger partial charge in [0.15, 0.2) is 0 Å². The standard InChI is InChI=1S/C29H28BrClF3N5O5/c30-20-12-18(31)6-7-19(20)24(29(32,33)34)44-23-13-22(36-26(35)37-23)38-10-8-28(9-11-38)14-21(25(40)41)39(16-28)27(42)43-15-17-4-2-1-3-5-17/h1-7,12-13,21,24H,8-11,14-16H2,(H,40,41)(H2,35,36,37)/t21?,24-/m1/s1. The number of aliphatic carboxylic acids is 1. The number of rotatable bonds is 7. The van der Waals surface area contributed by atoms with E-state index in [-0.39, 0.29) is 52.3 Å². The molecule has 1 amide bonds. The van der Waals surface area contributed by atoms with Gasteiger partial charge in [-0.2, -0.15) is 23.1 Å². The Bertz CT molecular complexity index is 1520. The molecule has 15 heteroatoms. The van der Waals surface area contributed by atoms with E-state index in [9.17, 15) is 27.9 Å². The minimum atomic E-state index is -4.79. The number of nitrogen functional groups attached to an aromatic ring is 1. The average molecular weight is 699 g/mol. The Labute approximate surface area is 264 Å². The molecular weight excluding hydrogens is 671 g/mol. The van der Waals surface area contributed by atoms with Crippen molar-refractivity contribution in [1.29, 1.82) is 0 Å². The third-order valence-corrected chi connectivity index (χ3v) is 8.79. The van der Waals surface area contributed by atoms with Gasteiger partial charge in [-0.3, -0.25) is 4.90 Å².